The number of hydrogen-bond acceptors (Lipinski definition) is 2. The first-order valence-corrected chi connectivity index (χ1v) is 8.39. The predicted molar refractivity (Wildman–Crippen MR) is 98.9 cm³/mol. The van der Waals surface area contributed by atoms with Crippen LogP contribution in [0.15, 0.2) is 12.1 Å². The molecule has 0 aliphatic carbocycles. The monoisotopic (exact) mass is 358 g/mol. The number of amides is 1. The number of aryl methyl sites for hydroxylation is 1. The molecule has 3 N–H and O–H groups in total. The van der Waals surface area contributed by atoms with Gasteiger partial charge in [-0.05, 0) is 62.1 Å². The molecule has 1 amide bonds. The summed E-state index contributed by atoms with van der Waals surface area (Å²) in [5.41, 5.74) is 6.67. The molecule has 25 heavy (non-hydrogen) atoms. The van der Waals surface area contributed by atoms with E-state index < -0.39 is 5.97 Å². The zero-order valence-corrected chi connectivity index (χ0v) is 15.0. The molecule has 2 heterocycles. The van der Waals surface area contributed by atoms with Gasteiger partial charge in [0.2, 0.25) is 0 Å². The van der Waals surface area contributed by atoms with Crippen LogP contribution in [-0.2, 0) is 16.0 Å². The number of carboxylic acid groups (broad SMARTS) is 1. The zero-order chi connectivity index (χ0) is 18.3. The maximum Gasteiger partial charge on any atom is 0.303 e. The van der Waals surface area contributed by atoms with Crippen LogP contribution < -0.4 is 5.32 Å². The number of carbonyl (C=O) groups is 2. The summed E-state index contributed by atoms with van der Waals surface area (Å²) in [7, 11) is 0. The van der Waals surface area contributed by atoms with E-state index in [2.05, 4.69) is 10.3 Å². The molecule has 0 saturated heterocycles. The second-order valence-corrected chi connectivity index (χ2v) is 6.68. The molecule has 0 fully saturated rings. The van der Waals surface area contributed by atoms with Crippen LogP contribution in [0.1, 0.15) is 40.1 Å². The molecule has 0 bridgehead atoms. The van der Waals surface area contributed by atoms with Crippen LogP contribution in [0.3, 0.4) is 0 Å². The lowest BCUT2D eigenvalue weighted by atomic mass is 9.99. The summed E-state index contributed by atoms with van der Waals surface area (Å²) in [4.78, 5) is 26.5. The number of aromatic nitrogens is 1. The minimum absolute atomic E-state index is 0.0770. The standard InChI is InChI=1S/C19H19ClN2O3/c1-9-12(4-7-17(23)24)11(3)21-16(9)8-13-18-10(2)14(20)5-6-15(18)22-19(13)25/h5-6,8,21H,4,7H2,1-3H3,(H,22,25)(H,23,24)/b13-8-. The molecule has 1 aromatic carbocycles. The van der Waals surface area contributed by atoms with Gasteiger partial charge in [-0.3, -0.25) is 9.59 Å². The van der Waals surface area contributed by atoms with E-state index in [1.165, 1.54) is 0 Å². The van der Waals surface area contributed by atoms with Gasteiger partial charge in [-0.15, -0.1) is 0 Å². The van der Waals surface area contributed by atoms with Gasteiger partial charge in [-0.25, -0.2) is 0 Å². The summed E-state index contributed by atoms with van der Waals surface area (Å²) >= 11 is 6.21. The number of anilines is 1. The van der Waals surface area contributed by atoms with Crippen LogP contribution in [0.25, 0.3) is 11.6 Å². The lowest BCUT2D eigenvalue weighted by Crippen LogP contribution is -2.03. The Hall–Kier alpha value is -2.53. The van der Waals surface area contributed by atoms with E-state index in [1.54, 1.807) is 12.1 Å². The first-order chi connectivity index (χ1) is 11.8. The number of aliphatic carboxylic acids is 1. The number of H-pyrrole nitrogens is 1. The van der Waals surface area contributed by atoms with E-state index in [4.69, 9.17) is 16.7 Å². The third-order valence-corrected chi connectivity index (χ3v) is 5.08. The maximum atomic E-state index is 12.4. The summed E-state index contributed by atoms with van der Waals surface area (Å²) in [6.07, 6.45) is 2.35. The Morgan fingerprint density at radius 1 is 1.24 bits per heavy atom. The second-order valence-electron chi connectivity index (χ2n) is 6.27. The molecule has 5 nitrogen and oxygen atoms in total. The van der Waals surface area contributed by atoms with Crippen LogP contribution >= 0.6 is 11.6 Å². The molecular formula is C19H19ClN2O3. The minimum Gasteiger partial charge on any atom is -0.481 e. The molecule has 0 atom stereocenters. The Morgan fingerprint density at radius 3 is 2.64 bits per heavy atom. The number of benzene rings is 1. The van der Waals surface area contributed by atoms with E-state index in [0.717, 1.165) is 39.3 Å². The number of carboxylic acids is 1. The topological polar surface area (TPSA) is 82.2 Å². The first kappa shape index (κ1) is 17.3. The summed E-state index contributed by atoms with van der Waals surface area (Å²) in [5.74, 6) is -0.992. The van der Waals surface area contributed by atoms with E-state index in [1.807, 2.05) is 26.8 Å². The number of fused-ring (bicyclic) bond motifs is 1. The molecule has 1 aromatic heterocycles. The van der Waals surface area contributed by atoms with Crippen LogP contribution in [0.2, 0.25) is 5.02 Å². The van der Waals surface area contributed by atoms with Crippen molar-refractivity contribution >= 4 is 40.8 Å². The van der Waals surface area contributed by atoms with Gasteiger partial charge in [0, 0.05) is 34.1 Å². The average molecular weight is 359 g/mol. The van der Waals surface area contributed by atoms with E-state index in [-0.39, 0.29) is 12.3 Å². The van der Waals surface area contributed by atoms with Crippen molar-refractivity contribution in [3.05, 3.63) is 50.8 Å². The second kappa shape index (κ2) is 6.41. The summed E-state index contributed by atoms with van der Waals surface area (Å²) < 4.78 is 0. The third kappa shape index (κ3) is 3.07. The Labute approximate surface area is 150 Å². The molecule has 0 saturated carbocycles. The molecule has 130 valence electrons. The Kier molecular flexibility index (Phi) is 4.43. The molecule has 6 heteroatoms. The molecule has 1 aliphatic heterocycles. The van der Waals surface area contributed by atoms with Crippen LogP contribution in [0.4, 0.5) is 5.69 Å². The Balaban J connectivity index is 2.06. The fourth-order valence-corrected chi connectivity index (χ4v) is 3.45. The average Bonchev–Trinajstić information content (AvgIpc) is 2.99. The molecule has 0 unspecified atom stereocenters. The van der Waals surface area contributed by atoms with Crippen molar-refractivity contribution in [1.82, 2.24) is 4.98 Å². The van der Waals surface area contributed by atoms with Gasteiger partial charge in [-0.1, -0.05) is 11.6 Å². The number of carbonyl (C=O) groups excluding carboxylic acids is 1. The fraction of sp³-hybridized carbons (Fsp3) is 0.263. The van der Waals surface area contributed by atoms with Crippen LogP contribution in [0, 0.1) is 20.8 Å². The van der Waals surface area contributed by atoms with Crippen LogP contribution in [-0.4, -0.2) is 22.0 Å². The normalized spacial score (nSPS) is 14.7. The van der Waals surface area contributed by atoms with Gasteiger partial charge in [0.1, 0.15) is 0 Å². The molecule has 0 radical (unpaired) electrons. The minimum atomic E-state index is -0.825. The summed E-state index contributed by atoms with van der Waals surface area (Å²) in [5, 5.41) is 12.4. The van der Waals surface area contributed by atoms with Gasteiger partial charge >= 0.3 is 5.97 Å². The number of aromatic amines is 1. The van der Waals surface area contributed by atoms with Crippen molar-refractivity contribution in [3.63, 3.8) is 0 Å². The first-order valence-electron chi connectivity index (χ1n) is 8.02. The molecule has 3 rings (SSSR count). The van der Waals surface area contributed by atoms with Gasteiger partial charge in [-0.2, -0.15) is 0 Å². The summed E-state index contributed by atoms with van der Waals surface area (Å²) in [6, 6.07) is 3.57. The highest BCUT2D eigenvalue weighted by Crippen LogP contribution is 2.38. The van der Waals surface area contributed by atoms with Crippen molar-refractivity contribution in [2.45, 2.75) is 33.6 Å². The van der Waals surface area contributed by atoms with Crippen LogP contribution in [0.5, 0.6) is 0 Å². The van der Waals surface area contributed by atoms with Crippen molar-refractivity contribution < 1.29 is 14.7 Å². The van der Waals surface area contributed by atoms with E-state index in [0.29, 0.717) is 17.0 Å². The van der Waals surface area contributed by atoms with Crippen molar-refractivity contribution in [2.24, 2.45) is 0 Å². The Bertz CT molecular complexity index is 925. The Morgan fingerprint density at radius 2 is 1.96 bits per heavy atom. The smallest absolute Gasteiger partial charge is 0.303 e. The van der Waals surface area contributed by atoms with Crippen molar-refractivity contribution in [1.29, 1.82) is 0 Å². The van der Waals surface area contributed by atoms with Gasteiger partial charge < -0.3 is 15.4 Å². The SMILES string of the molecule is Cc1[nH]c(/C=C2\C(=O)Nc3ccc(Cl)c(C)c32)c(C)c1CCC(=O)O. The summed E-state index contributed by atoms with van der Waals surface area (Å²) in [6.45, 7) is 5.74. The number of nitrogens with one attached hydrogen (secondary N) is 2. The quantitative estimate of drug-likeness (QED) is 0.719. The number of rotatable bonds is 4. The zero-order valence-electron chi connectivity index (χ0n) is 14.3. The molecule has 1 aliphatic rings. The van der Waals surface area contributed by atoms with E-state index >= 15 is 0 Å². The highest BCUT2D eigenvalue weighted by Gasteiger charge is 2.27. The predicted octanol–water partition coefficient (Wildman–Crippen LogP) is 4.10. The highest BCUT2D eigenvalue weighted by molar-refractivity contribution is 6.37. The lowest BCUT2D eigenvalue weighted by molar-refractivity contribution is -0.137. The third-order valence-electron chi connectivity index (χ3n) is 4.67. The molecule has 2 aromatic rings. The number of halogens is 1. The van der Waals surface area contributed by atoms with Gasteiger partial charge in [0.05, 0.1) is 5.57 Å². The molecule has 0 spiro atoms. The van der Waals surface area contributed by atoms with Gasteiger partial charge in [0.15, 0.2) is 0 Å². The fourth-order valence-electron chi connectivity index (χ4n) is 3.29. The maximum absolute atomic E-state index is 12.4. The highest BCUT2D eigenvalue weighted by atomic mass is 35.5. The van der Waals surface area contributed by atoms with Crippen molar-refractivity contribution in [2.75, 3.05) is 5.32 Å². The number of hydrogen-bond donors (Lipinski definition) is 3. The molecular weight excluding hydrogens is 340 g/mol. The largest absolute Gasteiger partial charge is 0.481 e. The van der Waals surface area contributed by atoms with E-state index in [9.17, 15) is 9.59 Å². The van der Waals surface area contributed by atoms with Crippen molar-refractivity contribution in [3.8, 4) is 0 Å². The lowest BCUT2D eigenvalue weighted by Gasteiger charge is -2.05. The van der Waals surface area contributed by atoms with Gasteiger partial charge in [0.25, 0.3) is 5.91 Å².